The minimum Gasteiger partial charge on any atom is -0.309 e. The van der Waals surface area contributed by atoms with Gasteiger partial charge < -0.3 is 5.32 Å². The highest BCUT2D eigenvalue weighted by molar-refractivity contribution is 7.18. The van der Waals surface area contributed by atoms with Crippen molar-refractivity contribution in [2.75, 3.05) is 0 Å². The lowest BCUT2D eigenvalue weighted by Crippen LogP contribution is -2.34. The highest BCUT2D eigenvalue weighted by Crippen LogP contribution is 2.33. The van der Waals surface area contributed by atoms with E-state index in [2.05, 4.69) is 20.3 Å². The van der Waals surface area contributed by atoms with Gasteiger partial charge in [-0.3, -0.25) is 9.36 Å². The van der Waals surface area contributed by atoms with Crippen LogP contribution in [0.15, 0.2) is 60.2 Å². The van der Waals surface area contributed by atoms with E-state index in [0.717, 1.165) is 47.2 Å². The largest absolute Gasteiger partial charge is 0.309 e. The van der Waals surface area contributed by atoms with Crippen molar-refractivity contribution in [2.45, 2.75) is 38.4 Å². The molecule has 0 bridgehead atoms. The van der Waals surface area contributed by atoms with Crippen molar-refractivity contribution in [2.24, 2.45) is 0 Å². The number of nitrogens with one attached hydrogen (secondary N) is 1. The van der Waals surface area contributed by atoms with E-state index in [1.165, 1.54) is 10.4 Å². The summed E-state index contributed by atoms with van der Waals surface area (Å²) in [5, 5.41) is 4.42. The number of hydrogen-bond donors (Lipinski definition) is 1. The van der Waals surface area contributed by atoms with E-state index in [1.807, 2.05) is 42.7 Å². The predicted molar refractivity (Wildman–Crippen MR) is 114 cm³/mol. The van der Waals surface area contributed by atoms with Crippen LogP contribution in [0, 0.1) is 0 Å². The molecule has 1 aromatic carbocycles. The molecule has 0 fully saturated rings. The van der Waals surface area contributed by atoms with Gasteiger partial charge in [0.1, 0.15) is 11.2 Å². The van der Waals surface area contributed by atoms with Gasteiger partial charge in [0.25, 0.3) is 5.56 Å². The lowest BCUT2D eigenvalue weighted by Gasteiger charge is -2.23. The molecule has 0 saturated carbocycles. The maximum atomic E-state index is 13.2. The molecule has 1 N–H and O–H groups in total. The molecule has 1 atom stereocenters. The molecule has 1 unspecified atom stereocenters. The number of fused-ring (bicyclic) bond motifs is 3. The second kappa shape index (κ2) is 7.85. The van der Waals surface area contributed by atoms with Crippen LogP contribution in [0.2, 0.25) is 0 Å². The van der Waals surface area contributed by atoms with Crippen molar-refractivity contribution in [3.63, 3.8) is 0 Å². The van der Waals surface area contributed by atoms with Crippen molar-refractivity contribution in [1.29, 1.82) is 0 Å². The number of thiophene rings is 1. The Bertz CT molecular complexity index is 1190. The molecule has 0 aliphatic heterocycles. The van der Waals surface area contributed by atoms with Gasteiger partial charge in [-0.1, -0.05) is 30.3 Å². The molecule has 29 heavy (non-hydrogen) atoms. The molecular weight excluding hydrogens is 382 g/mol. The van der Waals surface area contributed by atoms with Crippen LogP contribution in [0.25, 0.3) is 10.2 Å². The summed E-state index contributed by atoms with van der Waals surface area (Å²) in [6.07, 6.45) is 9.77. The van der Waals surface area contributed by atoms with E-state index in [0.29, 0.717) is 12.6 Å². The SMILES string of the molecule is O=c1c2c3c(sc2ncn1Cc1ccccc1)CC(NCc1cncnc1)CC3. The number of rotatable bonds is 5. The van der Waals surface area contributed by atoms with E-state index < -0.39 is 0 Å². The van der Waals surface area contributed by atoms with Gasteiger partial charge in [0.2, 0.25) is 0 Å². The monoisotopic (exact) mass is 403 g/mol. The van der Waals surface area contributed by atoms with Crippen LogP contribution < -0.4 is 10.9 Å². The van der Waals surface area contributed by atoms with Gasteiger partial charge >= 0.3 is 0 Å². The third-order valence-corrected chi connectivity index (χ3v) is 6.60. The molecule has 0 saturated heterocycles. The summed E-state index contributed by atoms with van der Waals surface area (Å²) in [6.45, 7) is 1.31. The van der Waals surface area contributed by atoms with Gasteiger partial charge in [-0.2, -0.15) is 0 Å². The van der Waals surface area contributed by atoms with E-state index in [4.69, 9.17) is 0 Å². The number of nitrogens with zero attached hydrogens (tertiary/aromatic N) is 4. The van der Waals surface area contributed by atoms with Crippen molar-refractivity contribution >= 4 is 21.6 Å². The lowest BCUT2D eigenvalue weighted by atomic mass is 9.93. The summed E-state index contributed by atoms with van der Waals surface area (Å²) in [6, 6.07) is 10.4. The van der Waals surface area contributed by atoms with Crippen molar-refractivity contribution in [3.05, 3.63) is 87.3 Å². The maximum absolute atomic E-state index is 13.2. The summed E-state index contributed by atoms with van der Waals surface area (Å²) in [5.41, 5.74) is 3.46. The Morgan fingerprint density at radius 2 is 1.97 bits per heavy atom. The Hall–Kier alpha value is -2.90. The summed E-state index contributed by atoms with van der Waals surface area (Å²) in [4.78, 5) is 28.0. The second-order valence-corrected chi connectivity index (χ2v) is 8.50. The minimum absolute atomic E-state index is 0.0733. The third-order valence-electron chi connectivity index (χ3n) is 5.44. The first kappa shape index (κ1) is 18.1. The summed E-state index contributed by atoms with van der Waals surface area (Å²) < 4.78 is 1.73. The summed E-state index contributed by atoms with van der Waals surface area (Å²) in [7, 11) is 0. The molecule has 1 aliphatic carbocycles. The van der Waals surface area contributed by atoms with Crippen LogP contribution in [0.1, 0.15) is 28.0 Å². The molecule has 1 aliphatic rings. The number of hydrogen-bond acceptors (Lipinski definition) is 6. The normalized spacial score (nSPS) is 16.1. The van der Waals surface area contributed by atoms with Gasteiger partial charge in [0.15, 0.2) is 0 Å². The standard InChI is InChI=1S/C22H21N5OS/c28-22-20-18-7-6-17(25-11-16-9-23-13-24-10-16)8-19(18)29-21(20)26-14-27(22)12-15-4-2-1-3-5-15/h1-5,9-10,13-14,17,25H,6-8,11-12H2. The Balaban J connectivity index is 1.38. The minimum atomic E-state index is 0.0733. The first-order chi connectivity index (χ1) is 14.3. The number of aromatic nitrogens is 4. The first-order valence-corrected chi connectivity index (χ1v) is 10.6. The second-order valence-electron chi connectivity index (χ2n) is 7.41. The highest BCUT2D eigenvalue weighted by Gasteiger charge is 2.25. The molecule has 3 heterocycles. The van der Waals surface area contributed by atoms with Crippen molar-refractivity contribution < 1.29 is 0 Å². The van der Waals surface area contributed by atoms with Crippen LogP contribution in [-0.4, -0.2) is 25.6 Å². The van der Waals surface area contributed by atoms with Gasteiger partial charge in [-0.15, -0.1) is 11.3 Å². The third kappa shape index (κ3) is 3.71. The number of benzene rings is 1. The fourth-order valence-electron chi connectivity index (χ4n) is 3.95. The Labute approximate surface area is 172 Å². The van der Waals surface area contributed by atoms with Crippen molar-refractivity contribution in [1.82, 2.24) is 24.8 Å². The fourth-order valence-corrected chi connectivity index (χ4v) is 5.21. The van der Waals surface area contributed by atoms with Crippen LogP contribution in [-0.2, 0) is 25.9 Å². The van der Waals surface area contributed by atoms with E-state index in [1.54, 1.807) is 28.6 Å². The van der Waals surface area contributed by atoms with E-state index >= 15 is 0 Å². The Kier molecular flexibility index (Phi) is 4.91. The van der Waals surface area contributed by atoms with Crippen LogP contribution in [0.4, 0.5) is 0 Å². The van der Waals surface area contributed by atoms with E-state index in [-0.39, 0.29) is 5.56 Å². The molecule has 6 nitrogen and oxygen atoms in total. The summed E-state index contributed by atoms with van der Waals surface area (Å²) >= 11 is 1.67. The molecule has 5 rings (SSSR count). The van der Waals surface area contributed by atoms with Gasteiger partial charge in [-0.25, -0.2) is 15.0 Å². The molecule has 0 amide bonds. The molecule has 4 aromatic rings. The van der Waals surface area contributed by atoms with Crippen LogP contribution in [0.3, 0.4) is 0 Å². The van der Waals surface area contributed by atoms with Crippen LogP contribution in [0.5, 0.6) is 0 Å². The lowest BCUT2D eigenvalue weighted by molar-refractivity contribution is 0.462. The van der Waals surface area contributed by atoms with Gasteiger partial charge in [-0.05, 0) is 30.4 Å². The molecule has 0 radical (unpaired) electrons. The van der Waals surface area contributed by atoms with Crippen molar-refractivity contribution in [3.8, 4) is 0 Å². The van der Waals surface area contributed by atoms with Gasteiger partial charge in [0.05, 0.1) is 18.3 Å². The highest BCUT2D eigenvalue weighted by atomic mass is 32.1. The molecule has 3 aromatic heterocycles. The zero-order valence-electron chi connectivity index (χ0n) is 15.9. The molecule has 0 spiro atoms. The Morgan fingerprint density at radius 1 is 1.14 bits per heavy atom. The Morgan fingerprint density at radius 3 is 2.79 bits per heavy atom. The predicted octanol–water partition coefficient (Wildman–Crippen LogP) is 2.94. The zero-order valence-corrected chi connectivity index (χ0v) is 16.7. The van der Waals surface area contributed by atoms with Crippen LogP contribution >= 0.6 is 11.3 Å². The average Bonchev–Trinajstić information content (AvgIpc) is 3.14. The van der Waals surface area contributed by atoms with E-state index in [9.17, 15) is 4.79 Å². The smallest absolute Gasteiger partial charge is 0.262 e. The topological polar surface area (TPSA) is 72.7 Å². The first-order valence-electron chi connectivity index (χ1n) is 9.79. The molecular formula is C22H21N5OS. The molecule has 7 heteroatoms. The number of aryl methyl sites for hydroxylation is 1. The van der Waals surface area contributed by atoms with Gasteiger partial charge in [0, 0.05) is 35.4 Å². The average molecular weight is 404 g/mol. The quantitative estimate of drug-likeness (QED) is 0.555. The molecule has 146 valence electrons. The fraction of sp³-hybridized carbons (Fsp3) is 0.273. The maximum Gasteiger partial charge on any atom is 0.262 e. The zero-order chi connectivity index (χ0) is 19.6. The summed E-state index contributed by atoms with van der Waals surface area (Å²) in [5.74, 6) is 0.